The van der Waals surface area contributed by atoms with E-state index in [1.807, 2.05) is 12.1 Å². The van der Waals surface area contributed by atoms with Gasteiger partial charge < -0.3 is 14.2 Å². The Morgan fingerprint density at radius 2 is 2.07 bits per heavy atom. The van der Waals surface area contributed by atoms with E-state index >= 15 is 0 Å². The molecule has 1 aliphatic heterocycles. The van der Waals surface area contributed by atoms with E-state index in [1.165, 1.54) is 18.2 Å². The minimum absolute atomic E-state index is 0.0318. The molecule has 1 atom stereocenters. The second kappa shape index (κ2) is 8.11. The number of methoxy groups -OCH3 is 1. The Morgan fingerprint density at radius 3 is 2.73 bits per heavy atom. The number of benzene rings is 2. The first-order valence-corrected chi connectivity index (χ1v) is 9.58. The van der Waals surface area contributed by atoms with Crippen LogP contribution in [0.15, 0.2) is 47.0 Å². The maximum Gasteiger partial charge on any atom is 0.270 e. The number of non-ortho nitro benzene ring substituents is 1. The number of nitrogens with zero attached hydrogens (tertiary/aromatic N) is 4. The van der Waals surface area contributed by atoms with Gasteiger partial charge >= 0.3 is 0 Å². The summed E-state index contributed by atoms with van der Waals surface area (Å²) in [6, 6.07) is 10.7. The number of ether oxygens (including phenoxy) is 1. The lowest BCUT2D eigenvalue weighted by molar-refractivity contribution is -0.384. The number of halogens is 1. The van der Waals surface area contributed by atoms with Crippen LogP contribution in [-0.4, -0.2) is 39.5 Å². The lowest BCUT2D eigenvalue weighted by Crippen LogP contribution is -2.31. The van der Waals surface area contributed by atoms with Crippen molar-refractivity contribution in [2.45, 2.75) is 18.9 Å². The summed E-state index contributed by atoms with van der Waals surface area (Å²) in [6.07, 6.45) is 1.43. The van der Waals surface area contributed by atoms with Crippen LogP contribution in [0.1, 0.15) is 35.1 Å². The lowest BCUT2D eigenvalue weighted by atomic mass is 10.1. The van der Waals surface area contributed by atoms with Crippen molar-refractivity contribution >= 4 is 23.2 Å². The fourth-order valence-corrected chi connectivity index (χ4v) is 3.70. The summed E-state index contributed by atoms with van der Waals surface area (Å²) in [5.74, 6) is 1.14. The van der Waals surface area contributed by atoms with Crippen molar-refractivity contribution in [2.24, 2.45) is 0 Å². The molecule has 1 saturated heterocycles. The molecule has 0 N–H and O–H groups in total. The maximum absolute atomic E-state index is 13.0. The van der Waals surface area contributed by atoms with Gasteiger partial charge in [-0.1, -0.05) is 16.8 Å². The van der Waals surface area contributed by atoms with E-state index in [0.717, 1.165) is 17.7 Å². The topological polar surface area (TPSA) is 112 Å². The molecular weight excluding hydrogens is 412 g/mol. The molecule has 3 aromatic rings. The third kappa shape index (κ3) is 3.71. The zero-order valence-electron chi connectivity index (χ0n) is 15.9. The third-order valence-corrected chi connectivity index (χ3v) is 5.30. The summed E-state index contributed by atoms with van der Waals surface area (Å²) in [5, 5.41) is 15.0. The van der Waals surface area contributed by atoms with Crippen molar-refractivity contribution in [3.63, 3.8) is 0 Å². The normalized spacial score (nSPS) is 15.9. The SMILES string of the molecule is COc1ccc(-c2noc(C3CCCN3C(=O)c3ccc([N+](=O)[O-])cc3Cl)n2)cc1. The monoisotopic (exact) mass is 428 g/mol. The van der Waals surface area contributed by atoms with Gasteiger partial charge in [0, 0.05) is 24.2 Å². The molecular formula is C20H17ClN4O5. The Balaban J connectivity index is 1.57. The summed E-state index contributed by atoms with van der Waals surface area (Å²) >= 11 is 6.14. The van der Waals surface area contributed by atoms with Gasteiger partial charge in [0.05, 0.1) is 22.6 Å². The van der Waals surface area contributed by atoms with Crippen LogP contribution in [0, 0.1) is 10.1 Å². The van der Waals surface area contributed by atoms with Gasteiger partial charge in [-0.2, -0.15) is 4.98 Å². The van der Waals surface area contributed by atoms with Gasteiger partial charge in [0.25, 0.3) is 11.6 Å². The zero-order valence-corrected chi connectivity index (χ0v) is 16.7. The van der Waals surface area contributed by atoms with Crippen molar-refractivity contribution in [1.82, 2.24) is 15.0 Å². The number of carbonyl (C=O) groups excluding carboxylic acids is 1. The van der Waals surface area contributed by atoms with Crippen LogP contribution in [0.25, 0.3) is 11.4 Å². The van der Waals surface area contributed by atoms with Crippen LogP contribution in [0.3, 0.4) is 0 Å². The Hall–Kier alpha value is -3.46. The zero-order chi connectivity index (χ0) is 21.3. The first-order chi connectivity index (χ1) is 14.5. The smallest absolute Gasteiger partial charge is 0.270 e. The summed E-state index contributed by atoms with van der Waals surface area (Å²) < 4.78 is 10.6. The van der Waals surface area contributed by atoms with E-state index in [-0.39, 0.29) is 28.2 Å². The fourth-order valence-electron chi connectivity index (χ4n) is 3.44. The standard InChI is InChI=1S/C20H17ClN4O5/c1-29-14-7-4-12(5-8-14)18-22-19(30-23-18)17-3-2-10-24(17)20(26)15-9-6-13(25(27)28)11-16(15)21/h4-9,11,17H,2-3,10H2,1H3. The van der Waals surface area contributed by atoms with Gasteiger partial charge in [-0.05, 0) is 43.2 Å². The molecule has 9 nitrogen and oxygen atoms in total. The first kappa shape index (κ1) is 19.8. The van der Waals surface area contributed by atoms with Gasteiger partial charge in [-0.3, -0.25) is 14.9 Å². The average Bonchev–Trinajstić information content (AvgIpc) is 3.42. The predicted octanol–water partition coefficient (Wildman–Crippen LogP) is 4.28. The van der Waals surface area contributed by atoms with Crippen molar-refractivity contribution in [2.75, 3.05) is 13.7 Å². The van der Waals surface area contributed by atoms with Crippen LogP contribution >= 0.6 is 11.6 Å². The number of nitro groups is 1. The quantitative estimate of drug-likeness (QED) is 0.440. The number of likely N-dealkylation sites (tertiary alicyclic amines) is 1. The van der Waals surface area contributed by atoms with E-state index in [9.17, 15) is 14.9 Å². The molecule has 4 rings (SSSR count). The van der Waals surface area contributed by atoms with Gasteiger partial charge in [0.15, 0.2) is 0 Å². The van der Waals surface area contributed by atoms with Crippen molar-refractivity contribution in [3.8, 4) is 17.1 Å². The Morgan fingerprint density at radius 1 is 1.30 bits per heavy atom. The highest BCUT2D eigenvalue weighted by atomic mass is 35.5. The molecule has 154 valence electrons. The number of aromatic nitrogens is 2. The minimum Gasteiger partial charge on any atom is -0.497 e. The molecule has 0 spiro atoms. The number of amides is 1. The van der Waals surface area contributed by atoms with Crippen LogP contribution in [0.4, 0.5) is 5.69 Å². The molecule has 1 fully saturated rings. The Labute approximate surface area is 176 Å². The van der Waals surface area contributed by atoms with E-state index < -0.39 is 4.92 Å². The van der Waals surface area contributed by atoms with Crippen molar-refractivity contribution in [1.29, 1.82) is 0 Å². The van der Waals surface area contributed by atoms with Crippen LogP contribution < -0.4 is 4.74 Å². The van der Waals surface area contributed by atoms with Crippen molar-refractivity contribution in [3.05, 3.63) is 69.1 Å². The molecule has 1 aliphatic rings. The van der Waals surface area contributed by atoms with E-state index in [1.54, 1.807) is 24.1 Å². The highest BCUT2D eigenvalue weighted by Gasteiger charge is 2.35. The van der Waals surface area contributed by atoms with E-state index in [0.29, 0.717) is 24.7 Å². The molecule has 10 heteroatoms. The number of hydrogen-bond acceptors (Lipinski definition) is 7. The molecule has 0 bridgehead atoms. The Bertz CT molecular complexity index is 1100. The van der Waals surface area contributed by atoms with Crippen molar-refractivity contribution < 1.29 is 19.0 Å². The second-order valence-electron chi connectivity index (χ2n) is 6.76. The average molecular weight is 429 g/mol. The molecule has 2 aromatic carbocycles. The molecule has 2 heterocycles. The molecule has 0 radical (unpaired) electrons. The van der Waals surface area contributed by atoms with E-state index in [4.69, 9.17) is 20.9 Å². The maximum atomic E-state index is 13.0. The predicted molar refractivity (Wildman–Crippen MR) is 107 cm³/mol. The fraction of sp³-hybridized carbons (Fsp3) is 0.250. The second-order valence-corrected chi connectivity index (χ2v) is 7.17. The lowest BCUT2D eigenvalue weighted by Gasteiger charge is -2.22. The number of nitro benzene ring substituents is 1. The highest BCUT2D eigenvalue weighted by Crippen LogP contribution is 2.35. The summed E-state index contributed by atoms with van der Waals surface area (Å²) in [5.41, 5.74) is 0.791. The summed E-state index contributed by atoms with van der Waals surface area (Å²) in [6.45, 7) is 0.497. The third-order valence-electron chi connectivity index (χ3n) is 4.98. The van der Waals surface area contributed by atoms with Crippen LogP contribution in [-0.2, 0) is 0 Å². The Kier molecular flexibility index (Phi) is 5.37. The van der Waals surface area contributed by atoms with E-state index in [2.05, 4.69) is 10.1 Å². The summed E-state index contributed by atoms with van der Waals surface area (Å²) in [4.78, 5) is 29.5. The molecule has 1 unspecified atom stereocenters. The minimum atomic E-state index is -0.558. The largest absolute Gasteiger partial charge is 0.497 e. The highest BCUT2D eigenvalue weighted by molar-refractivity contribution is 6.34. The molecule has 30 heavy (non-hydrogen) atoms. The number of carbonyl (C=O) groups is 1. The van der Waals surface area contributed by atoms with Gasteiger partial charge in [-0.25, -0.2) is 0 Å². The first-order valence-electron chi connectivity index (χ1n) is 9.21. The number of rotatable bonds is 5. The van der Waals surface area contributed by atoms with Gasteiger partial charge in [0.1, 0.15) is 11.8 Å². The van der Waals surface area contributed by atoms with Gasteiger partial charge in [-0.15, -0.1) is 0 Å². The number of hydrogen-bond donors (Lipinski definition) is 0. The molecule has 0 saturated carbocycles. The molecule has 1 amide bonds. The summed E-state index contributed by atoms with van der Waals surface area (Å²) in [7, 11) is 1.59. The van der Waals surface area contributed by atoms with Gasteiger partial charge in [0.2, 0.25) is 11.7 Å². The van der Waals surface area contributed by atoms with Crippen LogP contribution in [0.5, 0.6) is 5.75 Å². The van der Waals surface area contributed by atoms with Crippen LogP contribution in [0.2, 0.25) is 5.02 Å². The molecule has 0 aliphatic carbocycles. The molecule has 1 aromatic heterocycles.